The third-order valence-corrected chi connectivity index (χ3v) is 11.5. The second kappa shape index (κ2) is 14.4. The molecule has 15 nitrogen and oxygen atoms in total. The van der Waals surface area contributed by atoms with Gasteiger partial charge < -0.3 is 15.1 Å². The monoisotopic (exact) mass is 743 g/mol. The molecule has 2 saturated heterocycles. The van der Waals surface area contributed by atoms with E-state index in [1.165, 1.54) is 27.7 Å². The zero-order valence-electron chi connectivity index (χ0n) is 30.2. The average molecular weight is 744 g/mol. The van der Waals surface area contributed by atoms with Crippen molar-refractivity contribution in [2.24, 2.45) is 13.0 Å². The highest BCUT2D eigenvalue weighted by Crippen LogP contribution is 2.36. The lowest BCUT2D eigenvalue weighted by Gasteiger charge is -2.40. The number of imide groups is 1. The Labute approximate surface area is 308 Å². The number of alkyl halides is 2. The molecular formula is C37H43F2N11O4. The summed E-state index contributed by atoms with van der Waals surface area (Å²) in [6, 6.07) is 7.29. The minimum absolute atomic E-state index is 0.00641. The number of nitrogens with one attached hydrogen (secondary N) is 2. The number of aromatic nitrogens is 7. The molecule has 2 aliphatic heterocycles. The van der Waals surface area contributed by atoms with Crippen LogP contribution in [0.15, 0.2) is 53.8 Å². The summed E-state index contributed by atoms with van der Waals surface area (Å²) in [5, 5.41) is 13.3. The van der Waals surface area contributed by atoms with Gasteiger partial charge in [-0.15, -0.1) is 0 Å². The lowest BCUT2D eigenvalue weighted by atomic mass is 9.85. The van der Waals surface area contributed by atoms with E-state index < -0.39 is 30.0 Å². The van der Waals surface area contributed by atoms with Crippen LogP contribution < -0.4 is 21.2 Å². The molecule has 3 amide bonds. The van der Waals surface area contributed by atoms with Crippen LogP contribution in [0.1, 0.15) is 85.9 Å². The number of carbonyl (C=O) groups is 3. The number of amides is 3. The van der Waals surface area contributed by atoms with Crippen LogP contribution in [-0.4, -0.2) is 88.9 Å². The fraction of sp³-hybridized carbons (Fsp3) is 0.486. The molecule has 1 saturated carbocycles. The number of fused-ring (bicyclic) bond motifs is 2. The van der Waals surface area contributed by atoms with Crippen molar-refractivity contribution in [1.82, 2.24) is 43.7 Å². The van der Waals surface area contributed by atoms with Gasteiger partial charge in [0.1, 0.15) is 11.6 Å². The molecular weight excluding hydrogens is 700 g/mol. The van der Waals surface area contributed by atoms with Crippen molar-refractivity contribution >= 4 is 45.8 Å². The van der Waals surface area contributed by atoms with Crippen LogP contribution in [0.2, 0.25) is 0 Å². The Bertz CT molecular complexity index is 2280. The summed E-state index contributed by atoms with van der Waals surface area (Å²) in [7, 11) is 3.89. The lowest BCUT2D eigenvalue weighted by molar-refractivity contribution is -0.135. The first-order valence-corrected chi connectivity index (χ1v) is 18.5. The van der Waals surface area contributed by atoms with Gasteiger partial charge in [0, 0.05) is 63.4 Å². The number of hydrogen-bond acceptors (Lipinski definition) is 9. The molecule has 0 radical (unpaired) electrons. The maximum Gasteiger partial charge on any atom is 0.329 e. The van der Waals surface area contributed by atoms with Crippen LogP contribution in [0.3, 0.4) is 0 Å². The first-order chi connectivity index (χ1) is 26.0. The number of nitrogens with zero attached hydrogens (tertiary/aromatic N) is 9. The van der Waals surface area contributed by atoms with Gasteiger partial charge in [-0.2, -0.15) is 10.2 Å². The highest BCUT2D eigenvalue weighted by atomic mass is 19.3. The van der Waals surface area contributed by atoms with Crippen LogP contribution in [0.5, 0.6) is 0 Å². The number of hydrogen-bond donors (Lipinski definition) is 2. The van der Waals surface area contributed by atoms with Gasteiger partial charge in [-0.05, 0) is 82.2 Å². The number of anilines is 2. The van der Waals surface area contributed by atoms with E-state index in [0.717, 1.165) is 69.4 Å². The van der Waals surface area contributed by atoms with Gasteiger partial charge in [-0.25, -0.2) is 23.1 Å². The van der Waals surface area contributed by atoms with Crippen LogP contribution >= 0.6 is 0 Å². The largest absolute Gasteiger partial charge is 0.371 e. The number of aryl methyl sites for hydroxylation is 1. The summed E-state index contributed by atoms with van der Waals surface area (Å²) >= 11 is 0. The average Bonchev–Trinajstić information content (AvgIpc) is 3.87. The molecule has 8 rings (SSSR count). The fourth-order valence-electron chi connectivity index (χ4n) is 8.52. The van der Waals surface area contributed by atoms with Gasteiger partial charge in [0.25, 0.3) is 12.3 Å². The first kappa shape index (κ1) is 35.6. The van der Waals surface area contributed by atoms with Gasteiger partial charge in [0.05, 0.1) is 29.0 Å². The third kappa shape index (κ3) is 6.65. The summed E-state index contributed by atoms with van der Waals surface area (Å²) in [5.41, 5.74) is 2.25. The molecule has 1 unspecified atom stereocenters. The Balaban J connectivity index is 0.849. The molecule has 6 heterocycles. The Morgan fingerprint density at radius 3 is 2.57 bits per heavy atom. The molecule has 5 aromatic rings. The highest BCUT2D eigenvalue weighted by molar-refractivity contribution is 6.08. The van der Waals surface area contributed by atoms with E-state index in [9.17, 15) is 28.0 Å². The van der Waals surface area contributed by atoms with Crippen molar-refractivity contribution in [1.29, 1.82) is 0 Å². The maximum absolute atomic E-state index is 14.0. The van der Waals surface area contributed by atoms with Crippen molar-refractivity contribution < 1.29 is 23.2 Å². The lowest BCUT2D eigenvalue weighted by Crippen LogP contribution is -2.45. The van der Waals surface area contributed by atoms with Gasteiger partial charge >= 0.3 is 5.69 Å². The molecule has 4 aromatic heterocycles. The number of rotatable bonds is 9. The van der Waals surface area contributed by atoms with Crippen molar-refractivity contribution in [2.45, 2.75) is 75.9 Å². The molecule has 54 heavy (non-hydrogen) atoms. The second-order valence-corrected chi connectivity index (χ2v) is 14.8. The number of piperidine rings is 2. The topological polar surface area (TPSA) is 157 Å². The van der Waals surface area contributed by atoms with Crippen LogP contribution in [0.4, 0.5) is 20.2 Å². The molecule has 1 aromatic carbocycles. The van der Waals surface area contributed by atoms with E-state index in [1.54, 1.807) is 28.6 Å². The predicted molar refractivity (Wildman–Crippen MR) is 196 cm³/mol. The Morgan fingerprint density at radius 2 is 1.83 bits per heavy atom. The zero-order chi connectivity index (χ0) is 37.7. The zero-order valence-corrected chi connectivity index (χ0v) is 30.2. The minimum atomic E-state index is -2.84. The van der Waals surface area contributed by atoms with Gasteiger partial charge in [0.15, 0.2) is 11.3 Å². The summed E-state index contributed by atoms with van der Waals surface area (Å²) < 4.78 is 34.2. The summed E-state index contributed by atoms with van der Waals surface area (Å²) in [6.45, 7) is 2.69. The van der Waals surface area contributed by atoms with Crippen molar-refractivity contribution in [3.63, 3.8) is 0 Å². The molecule has 1 aliphatic carbocycles. The van der Waals surface area contributed by atoms with Gasteiger partial charge in [0.2, 0.25) is 11.8 Å². The SMILES string of the molecule is CN(CC1CCC(n2cc(NC(=O)c3cnn4cccnc34)c(C(F)F)n2)CC1)C1CCN(c2ccc3c(c2)n(C)c(=O)n3C2CCC(=O)NC2=O)CC1. The van der Waals surface area contributed by atoms with Gasteiger partial charge in [-0.3, -0.25) is 33.5 Å². The maximum atomic E-state index is 14.0. The fourth-order valence-corrected chi connectivity index (χ4v) is 8.52. The molecule has 0 spiro atoms. The van der Waals surface area contributed by atoms with E-state index >= 15 is 0 Å². The molecule has 3 aliphatic rings. The van der Waals surface area contributed by atoms with Crippen molar-refractivity contribution in [2.75, 3.05) is 36.9 Å². The molecule has 3 fully saturated rings. The standard InChI is InChI=1S/C37H43F2N11O4/c1-45(23-12-16-47(17-13-23)25-8-9-28-30(18-25)46(2)37(54)50(28)29-10-11-31(51)43-36(29)53)20-22-4-6-24(7-5-22)49-21-27(32(44-49)33(38)39)42-35(52)26-19-41-48-15-3-14-40-34(26)48/h3,8-9,14-15,18-19,21-24,29,33H,4-7,10-13,16-17,20H2,1-2H3,(H,42,52)(H,43,51,53). The molecule has 0 bridgehead atoms. The number of carbonyl (C=O) groups excluding carboxylic acids is 3. The molecule has 1 atom stereocenters. The van der Waals surface area contributed by atoms with Crippen molar-refractivity contribution in [3.05, 3.63) is 70.8 Å². The van der Waals surface area contributed by atoms with Crippen LogP contribution in [0.25, 0.3) is 16.7 Å². The third-order valence-electron chi connectivity index (χ3n) is 11.5. The van der Waals surface area contributed by atoms with E-state index in [-0.39, 0.29) is 35.3 Å². The quantitative estimate of drug-likeness (QED) is 0.213. The Kier molecular flexibility index (Phi) is 9.49. The van der Waals surface area contributed by atoms with Crippen molar-refractivity contribution in [3.8, 4) is 0 Å². The smallest absolute Gasteiger partial charge is 0.329 e. The normalized spacial score (nSPS) is 21.4. The van der Waals surface area contributed by atoms with Gasteiger partial charge in [-0.1, -0.05) is 0 Å². The van der Waals surface area contributed by atoms with E-state index in [2.05, 4.69) is 42.7 Å². The number of halogens is 2. The second-order valence-electron chi connectivity index (χ2n) is 14.8. The summed E-state index contributed by atoms with van der Waals surface area (Å²) in [5.74, 6) is -0.850. The van der Waals surface area contributed by atoms with Crippen LogP contribution in [-0.2, 0) is 16.6 Å². The Morgan fingerprint density at radius 1 is 1.06 bits per heavy atom. The minimum Gasteiger partial charge on any atom is -0.371 e. The number of benzene rings is 1. The summed E-state index contributed by atoms with van der Waals surface area (Å²) in [6.07, 6.45) is 9.23. The highest BCUT2D eigenvalue weighted by Gasteiger charge is 2.33. The first-order valence-electron chi connectivity index (χ1n) is 18.5. The van der Waals surface area contributed by atoms with E-state index in [1.807, 2.05) is 18.2 Å². The molecule has 2 N–H and O–H groups in total. The van der Waals surface area contributed by atoms with E-state index in [4.69, 9.17) is 0 Å². The molecule has 17 heteroatoms. The molecule has 284 valence electrons. The Hall–Kier alpha value is -5.45. The predicted octanol–water partition coefficient (Wildman–Crippen LogP) is 4.08. The number of imidazole rings is 1. The van der Waals surface area contributed by atoms with Crippen LogP contribution in [0, 0.1) is 5.92 Å². The summed E-state index contributed by atoms with van der Waals surface area (Å²) in [4.78, 5) is 59.5. The van der Waals surface area contributed by atoms with E-state index in [0.29, 0.717) is 29.5 Å².